The minimum atomic E-state index is -3.65. The van der Waals surface area contributed by atoms with Gasteiger partial charge in [0, 0.05) is 5.56 Å². The summed E-state index contributed by atoms with van der Waals surface area (Å²) in [7, 11) is -3.65. The second-order valence-corrected chi connectivity index (χ2v) is 5.72. The lowest BCUT2D eigenvalue weighted by Gasteiger charge is -2.03. The quantitative estimate of drug-likeness (QED) is 0.780. The molecule has 0 saturated carbocycles. The maximum Gasteiger partial charge on any atom is 0.236 e. The topological polar surface area (TPSA) is 46.5 Å². The molecule has 0 spiro atoms. The van der Waals surface area contributed by atoms with Gasteiger partial charge in [-0.1, -0.05) is 41.4 Å². The van der Waals surface area contributed by atoms with E-state index in [2.05, 4.69) is 4.99 Å². The number of rotatable bonds is 1. The summed E-state index contributed by atoms with van der Waals surface area (Å²) < 4.78 is 23.0. The SMILES string of the molecule is O=S1(=O)C(Cl)=CN=C1c1ccccc1Cl. The Morgan fingerprint density at radius 2 is 1.80 bits per heavy atom. The highest BCUT2D eigenvalue weighted by Crippen LogP contribution is 2.27. The number of aliphatic imine (C=N–C) groups is 1. The molecular weight excluding hydrogens is 257 g/mol. The molecule has 0 fully saturated rings. The van der Waals surface area contributed by atoms with Gasteiger partial charge in [-0.3, -0.25) is 0 Å². The van der Waals surface area contributed by atoms with Gasteiger partial charge in [0.25, 0.3) is 0 Å². The largest absolute Gasteiger partial charge is 0.241 e. The van der Waals surface area contributed by atoms with E-state index >= 15 is 0 Å². The van der Waals surface area contributed by atoms with Gasteiger partial charge < -0.3 is 0 Å². The molecule has 0 atom stereocenters. The van der Waals surface area contributed by atoms with Crippen molar-refractivity contribution in [3.05, 3.63) is 45.4 Å². The average molecular weight is 262 g/mol. The summed E-state index contributed by atoms with van der Waals surface area (Å²) in [5, 5.41) is 0.234. The van der Waals surface area contributed by atoms with E-state index in [1.54, 1.807) is 24.3 Å². The summed E-state index contributed by atoms with van der Waals surface area (Å²) in [6, 6.07) is 6.58. The van der Waals surface area contributed by atoms with Gasteiger partial charge in [-0.05, 0) is 6.07 Å². The maximum atomic E-state index is 11.7. The Labute approximate surface area is 97.0 Å². The lowest BCUT2D eigenvalue weighted by atomic mass is 10.2. The zero-order valence-corrected chi connectivity index (χ0v) is 9.64. The molecule has 0 aliphatic carbocycles. The zero-order valence-electron chi connectivity index (χ0n) is 7.31. The molecule has 0 amide bonds. The van der Waals surface area contributed by atoms with Crippen LogP contribution < -0.4 is 0 Å². The van der Waals surface area contributed by atoms with Crippen LogP contribution in [0.4, 0.5) is 0 Å². The molecule has 1 aromatic rings. The summed E-state index contributed by atoms with van der Waals surface area (Å²) in [6.45, 7) is 0. The van der Waals surface area contributed by atoms with Gasteiger partial charge >= 0.3 is 0 Å². The second-order valence-electron chi connectivity index (χ2n) is 2.85. The van der Waals surface area contributed by atoms with Crippen molar-refractivity contribution in [1.29, 1.82) is 0 Å². The Morgan fingerprint density at radius 1 is 1.13 bits per heavy atom. The van der Waals surface area contributed by atoms with Crippen LogP contribution in [0.5, 0.6) is 0 Å². The minimum Gasteiger partial charge on any atom is -0.241 e. The Bertz CT molecular complexity index is 576. The van der Waals surface area contributed by atoms with E-state index in [4.69, 9.17) is 23.2 Å². The number of halogens is 2. The first kappa shape index (κ1) is 10.7. The standard InChI is InChI=1S/C9H5Cl2NO2S/c10-7-4-2-1-3-6(7)9-12-5-8(11)15(9,13)14/h1-5H. The number of benzene rings is 1. The fraction of sp³-hybridized carbons (Fsp3) is 0. The summed E-state index contributed by atoms with van der Waals surface area (Å²) in [4.78, 5) is 3.75. The summed E-state index contributed by atoms with van der Waals surface area (Å²) >= 11 is 11.4. The number of hydrogen-bond donors (Lipinski definition) is 0. The molecule has 2 rings (SSSR count). The molecule has 0 N–H and O–H groups in total. The molecule has 0 aromatic heterocycles. The molecule has 1 aromatic carbocycles. The first-order valence-electron chi connectivity index (χ1n) is 3.97. The summed E-state index contributed by atoms with van der Waals surface area (Å²) in [5.74, 6) is 0. The molecule has 3 nitrogen and oxygen atoms in total. The van der Waals surface area contributed by atoms with Crippen LogP contribution in [-0.2, 0) is 9.84 Å². The Balaban J connectivity index is 2.59. The van der Waals surface area contributed by atoms with Crippen molar-refractivity contribution in [3.8, 4) is 0 Å². The van der Waals surface area contributed by atoms with Gasteiger partial charge in [0.15, 0.2) is 9.41 Å². The Kier molecular flexibility index (Phi) is 2.58. The molecule has 0 saturated heterocycles. The number of nitrogens with zero attached hydrogens (tertiary/aromatic N) is 1. The number of sulfone groups is 1. The fourth-order valence-electron chi connectivity index (χ4n) is 1.19. The van der Waals surface area contributed by atoms with E-state index < -0.39 is 9.84 Å². The Morgan fingerprint density at radius 3 is 2.33 bits per heavy atom. The van der Waals surface area contributed by atoms with Crippen molar-refractivity contribution < 1.29 is 8.42 Å². The monoisotopic (exact) mass is 261 g/mol. The summed E-state index contributed by atoms with van der Waals surface area (Å²) in [6.07, 6.45) is 1.11. The normalized spacial score (nSPS) is 18.5. The summed E-state index contributed by atoms with van der Waals surface area (Å²) in [5.41, 5.74) is 0.367. The highest BCUT2D eigenvalue weighted by Gasteiger charge is 2.30. The first-order valence-corrected chi connectivity index (χ1v) is 6.21. The van der Waals surface area contributed by atoms with Crippen LogP contribution in [0.1, 0.15) is 5.56 Å². The molecule has 1 heterocycles. The van der Waals surface area contributed by atoms with E-state index in [-0.39, 0.29) is 9.41 Å². The van der Waals surface area contributed by atoms with Gasteiger partial charge in [0.05, 0.1) is 11.2 Å². The van der Waals surface area contributed by atoms with Crippen LogP contribution in [-0.4, -0.2) is 13.5 Å². The molecule has 1 aliphatic heterocycles. The van der Waals surface area contributed by atoms with Crippen molar-refractivity contribution in [2.75, 3.05) is 0 Å². The van der Waals surface area contributed by atoms with Crippen molar-refractivity contribution >= 4 is 38.1 Å². The molecule has 0 radical (unpaired) electrons. The van der Waals surface area contributed by atoms with E-state index in [1.165, 1.54) is 0 Å². The van der Waals surface area contributed by atoms with Crippen LogP contribution in [0.25, 0.3) is 0 Å². The van der Waals surface area contributed by atoms with E-state index in [9.17, 15) is 8.42 Å². The average Bonchev–Trinajstić information content (AvgIpc) is 2.44. The van der Waals surface area contributed by atoms with E-state index in [0.29, 0.717) is 10.6 Å². The highest BCUT2D eigenvalue weighted by atomic mass is 35.5. The lowest BCUT2D eigenvalue weighted by Crippen LogP contribution is -2.12. The molecule has 78 valence electrons. The van der Waals surface area contributed by atoms with Gasteiger partial charge in [-0.15, -0.1) is 0 Å². The van der Waals surface area contributed by atoms with Crippen LogP contribution in [0.3, 0.4) is 0 Å². The van der Waals surface area contributed by atoms with Gasteiger partial charge in [-0.25, -0.2) is 13.4 Å². The molecular formula is C9H5Cl2NO2S. The van der Waals surface area contributed by atoms with Crippen LogP contribution in [0.2, 0.25) is 5.02 Å². The number of hydrogen-bond acceptors (Lipinski definition) is 3. The van der Waals surface area contributed by atoms with Crippen LogP contribution in [0.15, 0.2) is 39.8 Å². The predicted molar refractivity (Wildman–Crippen MR) is 60.8 cm³/mol. The molecule has 1 aliphatic rings. The lowest BCUT2D eigenvalue weighted by molar-refractivity contribution is 0.615. The molecule has 15 heavy (non-hydrogen) atoms. The third-order valence-electron chi connectivity index (χ3n) is 1.90. The minimum absolute atomic E-state index is 0.0990. The third kappa shape index (κ3) is 1.69. The van der Waals surface area contributed by atoms with Crippen molar-refractivity contribution in [2.24, 2.45) is 4.99 Å². The molecule has 6 heteroatoms. The fourth-order valence-corrected chi connectivity index (χ4v) is 2.77. The van der Waals surface area contributed by atoms with Crippen molar-refractivity contribution in [3.63, 3.8) is 0 Å². The van der Waals surface area contributed by atoms with Crippen molar-refractivity contribution in [1.82, 2.24) is 0 Å². The van der Waals surface area contributed by atoms with Gasteiger partial charge in [0.2, 0.25) is 9.84 Å². The predicted octanol–water partition coefficient (Wildman–Crippen LogP) is 2.55. The van der Waals surface area contributed by atoms with Crippen LogP contribution >= 0.6 is 23.2 Å². The Hall–Kier alpha value is -0.840. The van der Waals surface area contributed by atoms with E-state index in [0.717, 1.165) is 6.20 Å². The van der Waals surface area contributed by atoms with Crippen LogP contribution in [0, 0.1) is 0 Å². The first-order chi connectivity index (χ1) is 7.03. The molecule has 0 bridgehead atoms. The zero-order chi connectivity index (χ0) is 11.1. The maximum absolute atomic E-state index is 11.7. The van der Waals surface area contributed by atoms with E-state index in [1.807, 2.05) is 0 Å². The van der Waals surface area contributed by atoms with Gasteiger partial charge in [-0.2, -0.15) is 0 Å². The third-order valence-corrected chi connectivity index (χ3v) is 4.39. The smallest absolute Gasteiger partial charge is 0.236 e. The second kappa shape index (κ2) is 3.63. The van der Waals surface area contributed by atoms with Gasteiger partial charge in [0.1, 0.15) is 0 Å². The van der Waals surface area contributed by atoms with Crippen molar-refractivity contribution in [2.45, 2.75) is 0 Å². The highest BCUT2D eigenvalue weighted by molar-refractivity contribution is 8.11. The molecule has 0 unspecified atom stereocenters.